The molecular formula is C13H12F3N3O2. The quantitative estimate of drug-likeness (QED) is 0.638. The Hall–Kier alpha value is -2.38. The number of non-ortho nitro benzene ring substituents is 1. The minimum absolute atomic E-state index is 0.158. The predicted molar refractivity (Wildman–Crippen MR) is 69.2 cm³/mol. The van der Waals surface area contributed by atoms with Gasteiger partial charge in [-0.15, -0.1) is 0 Å². The van der Waals surface area contributed by atoms with E-state index in [0.717, 1.165) is 18.6 Å². The van der Waals surface area contributed by atoms with Gasteiger partial charge in [-0.25, -0.2) is 4.98 Å². The molecule has 1 aromatic carbocycles. The average Bonchev–Trinajstić information content (AvgIpc) is 2.85. The Morgan fingerprint density at radius 3 is 2.67 bits per heavy atom. The molecule has 0 aliphatic rings. The molecule has 0 spiro atoms. The van der Waals surface area contributed by atoms with E-state index in [1.165, 1.54) is 17.0 Å². The Morgan fingerprint density at radius 2 is 2.10 bits per heavy atom. The molecule has 0 N–H and O–H groups in total. The zero-order valence-electron chi connectivity index (χ0n) is 11.1. The molecule has 0 bridgehead atoms. The summed E-state index contributed by atoms with van der Waals surface area (Å²) in [7, 11) is 0. The molecule has 0 saturated heterocycles. The molecule has 5 nitrogen and oxygen atoms in total. The number of halogens is 3. The fourth-order valence-electron chi connectivity index (χ4n) is 2.04. The van der Waals surface area contributed by atoms with E-state index in [2.05, 4.69) is 4.98 Å². The molecule has 0 aliphatic heterocycles. The number of nitrogens with zero attached hydrogens (tertiary/aromatic N) is 3. The minimum atomic E-state index is -4.69. The van der Waals surface area contributed by atoms with E-state index in [1.54, 1.807) is 0 Å². The van der Waals surface area contributed by atoms with Gasteiger partial charge in [0.1, 0.15) is 5.82 Å². The Kier molecular flexibility index (Phi) is 3.97. The normalized spacial score (nSPS) is 11.6. The summed E-state index contributed by atoms with van der Waals surface area (Å²) in [5.41, 5.74) is -1.80. The third kappa shape index (κ3) is 3.04. The van der Waals surface area contributed by atoms with E-state index in [1.807, 2.05) is 6.92 Å². The van der Waals surface area contributed by atoms with Gasteiger partial charge in [-0.3, -0.25) is 10.1 Å². The molecule has 0 unspecified atom stereocenters. The molecular weight excluding hydrogens is 287 g/mol. The molecule has 0 fully saturated rings. The Bertz CT molecular complexity index is 665. The van der Waals surface area contributed by atoms with Crippen LogP contribution in [0.1, 0.15) is 24.7 Å². The van der Waals surface area contributed by atoms with Gasteiger partial charge in [0.2, 0.25) is 0 Å². The van der Waals surface area contributed by atoms with Gasteiger partial charge in [-0.1, -0.05) is 6.92 Å². The number of hydrogen-bond donors (Lipinski definition) is 0. The monoisotopic (exact) mass is 299 g/mol. The van der Waals surface area contributed by atoms with Gasteiger partial charge in [0, 0.05) is 30.9 Å². The Balaban J connectivity index is 2.62. The van der Waals surface area contributed by atoms with Crippen LogP contribution in [0.15, 0.2) is 30.6 Å². The maximum atomic E-state index is 13.1. The molecule has 2 rings (SSSR count). The first kappa shape index (κ1) is 15.0. The molecule has 112 valence electrons. The SMILES string of the molecule is CCCc1nccn1-c1ccc([N+](=O)[O-])cc1C(F)(F)F. The van der Waals surface area contributed by atoms with Crippen molar-refractivity contribution in [2.45, 2.75) is 25.9 Å². The van der Waals surface area contributed by atoms with E-state index in [4.69, 9.17) is 0 Å². The molecule has 0 atom stereocenters. The molecule has 0 saturated carbocycles. The van der Waals surface area contributed by atoms with Crippen LogP contribution in [0, 0.1) is 10.1 Å². The third-order valence-corrected chi connectivity index (χ3v) is 2.95. The van der Waals surface area contributed by atoms with Crippen molar-refractivity contribution in [3.8, 4) is 5.69 Å². The summed E-state index contributed by atoms with van der Waals surface area (Å²) >= 11 is 0. The zero-order valence-corrected chi connectivity index (χ0v) is 11.1. The molecule has 0 radical (unpaired) electrons. The van der Waals surface area contributed by atoms with Crippen LogP contribution in [0.2, 0.25) is 0 Å². The molecule has 0 amide bonds. The van der Waals surface area contributed by atoms with Crippen LogP contribution in [0.3, 0.4) is 0 Å². The first-order valence-corrected chi connectivity index (χ1v) is 6.22. The van der Waals surface area contributed by atoms with Gasteiger partial charge in [0.05, 0.1) is 16.2 Å². The molecule has 8 heteroatoms. The minimum Gasteiger partial charge on any atom is -0.303 e. The lowest BCUT2D eigenvalue weighted by Crippen LogP contribution is -2.12. The van der Waals surface area contributed by atoms with Crippen molar-refractivity contribution < 1.29 is 18.1 Å². The van der Waals surface area contributed by atoms with E-state index in [9.17, 15) is 23.3 Å². The summed E-state index contributed by atoms with van der Waals surface area (Å²) in [5.74, 6) is 0.483. The molecule has 2 aromatic rings. The van der Waals surface area contributed by atoms with Gasteiger partial charge in [-0.05, 0) is 12.5 Å². The van der Waals surface area contributed by atoms with Crippen LogP contribution in [0.25, 0.3) is 5.69 Å². The topological polar surface area (TPSA) is 61.0 Å². The van der Waals surface area contributed by atoms with Crippen molar-refractivity contribution in [1.82, 2.24) is 9.55 Å². The molecule has 0 aliphatic carbocycles. The number of aryl methyl sites for hydroxylation is 1. The second kappa shape index (κ2) is 5.55. The van der Waals surface area contributed by atoms with Gasteiger partial charge < -0.3 is 4.57 Å². The summed E-state index contributed by atoms with van der Waals surface area (Å²) < 4.78 is 40.8. The smallest absolute Gasteiger partial charge is 0.303 e. The zero-order chi connectivity index (χ0) is 15.6. The maximum Gasteiger partial charge on any atom is 0.418 e. The highest BCUT2D eigenvalue weighted by atomic mass is 19.4. The standard InChI is InChI=1S/C13H12F3N3O2/c1-2-3-12-17-6-7-18(12)11-5-4-9(19(20)21)8-10(11)13(14,15)16/h4-8H,2-3H2,1H3. The van der Waals surface area contributed by atoms with Crippen molar-refractivity contribution in [3.05, 3.63) is 52.1 Å². The van der Waals surface area contributed by atoms with Crippen LogP contribution in [0.5, 0.6) is 0 Å². The summed E-state index contributed by atoms with van der Waals surface area (Å²) in [6.07, 6.45) is -0.615. The van der Waals surface area contributed by atoms with Crippen LogP contribution in [-0.2, 0) is 12.6 Å². The fourth-order valence-corrected chi connectivity index (χ4v) is 2.04. The summed E-state index contributed by atoms with van der Waals surface area (Å²) in [6, 6.07) is 2.70. The van der Waals surface area contributed by atoms with Crippen molar-refractivity contribution in [2.75, 3.05) is 0 Å². The second-order valence-electron chi connectivity index (χ2n) is 4.42. The van der Waals surface area contributed by atoms with Crippen LogP contribution >= 0.6 is 0 Å². The van der Waals surface area contributed by atoms with Crippen molar-refractivity contribution >= 4 is 5.69 Å². The summed E-state index contributed by atoms with van der Waals surface area (Å²) in [6.45, 7) is 1.89. The lowest BCUT2D eigenvalue weighted by molar-refractivity contribution is -0.385. The highest BCUT2D eigenvalue weighted by Gasteiger charge is 2.36. The Labute approximate surface area is 118 Å². The highest BCUT2D eigenvalue weighted by molar-refractivity contribution is 5.50. The lowest BCUT2D eigenvalue weighted by Gasteiger charge is -2.15. The van der Waals surface area contributed by atoms with Crippen molar-refractivity contribution in [3.63, 3.8) is 0 Å². The number of nitro benzene ring substituents is 1. The summed E-state index contributed by atoms with van der Waals surface area (Å²) in [5, 5.41) is 10.7. The molecule has 1 aromatic heterocycles. The van der Waals surface area contributed by atoms with E-state index >= 15 is 0 Å². The first-order chi connectivity index (χ1) is 9.84. The van der Waals surface area contributed by atoms with Crippen LogP contribution in [-0.4, -0.2) is 14.5 Å². The molecule has 1 heterocycles. The fraction of sp³-hybridized carbons (Fsp3) is 0.308. The predicted octanol–water partition coefficient (Wildman–Crippen LogP) is 3.75. The highest BCUT2D eigenvalue weighted by Crippen LogP contribution is 2.36. The van der Waals surface area contributed by atoms with E-state index < -0.39 is 22.4 Å². The number of alkyl halides is 3. The largest absolute Gasteiger partial charge is 0.418 e. The van der Waals surface area contributed by atoms with Crippen molar-refractivity contribution in [1.29, 1.82) is 0 Å². The van der Waals surface area contributed by atoms with Crippen LogP contribution < -0.4 is 0 Å². The van der Waals surface area contributed by atoms with Crippen molar-refractivity contribution in [2.24, 2.45) is 0 Å². The van der Waals surface area contributed by atoms with E-state index in [0.29, 0.717) is 18.3 Å². The number of aromatic nitrogens is 2. The number of hydrogen-bond acceptors (Lipinski definition) is 3. The number of benzene rings is 1. The van der Waals surface area contributed by atoms with Gasteiger partial charge >= 0.3 is 6.18 Å². The number of imidazole rings is 1. The second-order valence-corrected chi connectivity index (χ2v) is 4.42. The summed E-state index contributed by atoms with van der Waals surface area (Å²) in [4.78, 5) is 13.8. The van der Waals surface area contributed by atoms with Gasteiger partial charge in [0.15, 0.2) is 0 Å². The molecule has 21 heavy (non-hydrogen) atoms. The number of rotatable bonds is 4. The lowest BCUT2D eigenvalue weighted by atomic mass is 10.1. The van der Waals surface area contributed by atoms with E-state index in [-0.39, 0.29) is 5.69 Å². The Morgan fingerprint density at radius 1 is 1.38 bits per heavy atom. The maximum absolute atomic E-state index is 13.1. The van der Waals surface area contributed by atoms with Gasteiger partial charge in [0.25, 0.3) is 5.69 Å². The average molecular weight is 299 g/mol. The van der Waals surface area contributed by atoms with Gasteiger partial charge in [-0.2, -0.15) is 13.2 Å². The number of nitro groups is 1. The van der Waals surface area contributed by atoms with Crippen LogP contribution in [0.4, 0.5) is 18.9 Å². The third-order valence-electron chi connectivity index (χ3n) is 2.95. The first-order valence-electron chi connectivity index (χ1n) is 6.22.